The van der Waals surface area contributed by atoms with Crippen molar-refractivity contribution >= 4 is 12.4 Å². The maximum atomic E-state index is 5.71. The molecule has 1 atom stereocenters. The maximum absolute atomic E-state index is 5.71. The van der Waals surface area contributed by atoms with Gasteiger partial charge in [0.15, 0.2) is 0 Å². The SMILES string of the molecule is Cl.NCCC1CCCCN1CC1CCOCC1. The molecule has 2 heterocycles. The first kappa shape index (κ1) is 15.2. The van der Waals surface area contributed by atoms with E-state index < -0.39 is 0 Å². The first-order valence-corrected chi connectivity index (χ1v) is 6.92. The van der Waals surface area contributed by atoms with Crippen LogP contribution in [-0.2, 0) is 4.74 Å². The molecule has 2 fully saturated rings. The standard InChI is InChI=1S/C13H26N2O.ClH/c14-7-4-13-3-1-2-8-15(13)11-12-5-9-16-10-6-12;/h12-13H,1-11,14H2;1H. The van der Waals surface area contributed by atoms with Crippen molar-refractivity contribution in [2.24, 2.45) is 11.7 Å². The highest BCUT2D eigenvalue weighted by atomic mass is 35.5. The fourth-order valence-electron chi connectivity index (χ4n) is 3.08. The molecule has 0 aromatic rings. The van der Waals surface area contributed by atoms with E-state index >= 15 is 0 Å². The average Bonchev–Trinajstić information content (AvgIpc) is 2.33. The van der Waals surface area contributed by atoms with E-state index in [4.69, 9.17) is 10.5 Å². The molecule has 0 aromatic carbocycles. The first-order chi connectivity index (χ1) is 7.90. The van der Waals surface area contributed by atoms with Gasteiger partial charge in [-0.05, 0) is 51.1 Å². The molecule has 0 bridgehead atoms. The van der Waals surface area contributed by atoms with Gasteiger partial charge in [0.05, 0.1) is 0 Å². The number of likely N-dealkylation sites (tertiary alicyclic amines) is 1. The third-order valence-corrected chi connectivity index (χ3v) is 4.08. The predicted octanol–water partition coefficient (Wildman–Crippen LogP) is 2.04. The van der Waals surface area contributed by atoms with Gasteiger partial charge in [0.2, 0.25) is 0 Å². The molecule has 0 saturated carbocycles. The Hall–Kier alpha value is 0.170. The third-order valence-electron chi connectivity index (χ3n) is 4.08. The van der Waals surface area contributed by atoms with Crippen LogP contribution in [0.2, 0.25) is 0 Å². The summed E-state index contributed by atoms with van der Waals surface area (Å²) in [7, 11) is 0. The highest BCUT2D eigenvalue weighted by Crippen LogP contribution is 2.23. The summed E-state index contributed by atoms with van der Waals surface area (Å²) in [6, 6.07) is 0.765. The Morgan fingerprint density at radius 1 is 1.12 bits per heavy atom. The Morgan fingerprint density at radius 2 is 1.88 bits per heavy atom. The number of hydrogen-bond acceptors (Lipinski definition) is 3. The molecule has 4 heteroatoms. The normalized spacial score (nSPS) is 27.7. The molecule has 0 radical (unpaired) electrons. The Labute approximate surface area is 111 Å². The third kappa shape index (κ3) is 4.74. The van der Waals surface area contributed by atoms with Crippen LogP contribution in [0, 0.1) is 5.92 Å². The quantitative estimate of drug-likeness (QED) is 0.843. The lowest BCUT2D eigenvalue weighted by molar-refractivity contribution is 0.0376. The van der Waals surface area contributed by atoms with Crippen LogP contribution >= 0.6 is 12.4 Å². The minimum absolute atomic E-state index is 0. The highest BCUT2D eigenvalue weighted by Gasteiger charge is 2.25. The van der Waals surface area contributed by atoms with Crippen LogP contribution in [0.15, 0.2) is 0 Å². The van der Waals surface area contributed by atoms with Gasteiger partial charge in [0.1, 0.15) is 0 Å². The molecule has 102 valence electrons. The largest absolute Gasteiger partial charge is 0.381 e. The van der Waals surface area contributed by atoms with E-state index in [0.717, 1.165) is 31.7 Å². The Bertz CT molecular complexity index is 196. The molecule has 0 spiro atoms. The van der Waals surface area contributed by atoms with Crippen LogP contribution in [-0.4, -0.2) is 43.8 Å². The lowest BCUT2D eigenvalue weighted by Crippen LogP contribution is -2.44. The number of nitrogens with two attached hydrogens (primary N) is 1. The van der Waals surface area contributed by atoms with Crippen LogP contribution in [0.5, 0.6) is 0 Å². The van der Waals surface area contributed by atoms with Gasteiger partial charge in [-0.15, -0.1) is 12.4 Å². The number of rotatable bonds is 4. The molecule has 0 aromatic heterocycles. The fourth-order valence-corrected chi connectivity index (χ4v) is 3.08. The summed E-state index contributed by atoms with van der Waals surface area (Å²) in [5.74, 6) is 0.868. The summed E-state index contributed by atoms with van der Waals surface area (Å²) in [6.45, 7) is 5.37. The second kappa shape index (κ2) is 8.30. The molecule has 17 heavy (non-hydrogen) atoms. The maximum Gasteiger partial charge on any atom is 0.0469 e. The molecular weight excluding hydrogens is 236 g/mol. The molecule has 2 rings (SSSR count). The van der Waals surface area contributed by atoms with Crippen molar-refractivity contribution in [1.29, 1.82) is 0 Å². The van der Waals surface area contributed by atoms with Gasteiger partial charge < -0.3 is 15.4 Å². The van der Waals surface area contributed by atoms with E-state index in [1.54, 1.807) is 0 Å². The van der Waals surface area contributed by atoms with Crippen molar-refractivity contribution in [1.82, 2.24) is 4.90 Å². The molecule has 2 N–H and O–H groups in total. The molecule has 0 aliphatic carbocycles. The lowest BCUT2D eigenvalue weighted by Gasteiger charge is -2.38. The van der Waals surface area contributed by atoms with E-state index in [1.807, 2.05) is 0 Å². The average molecular weight is 263 g/mol. The molecule has 2 saturated heterocycles. The van der Waals surface area contributed by atoms with E-state index in [0.29, 0.717) is 0 Å². The fraction of sp³-hybridized carbons (Fsp3) is 1.00. The summed E-state index contributed by atoms with van der Waals surface area (Å²) >= 11 is 0. The van der Waals surface area contributed by atoms with E-state index in [2.05, 4.69) is 4.90 Å². The Morgan fingerprint density at radius 3 is 2.59 bits per heavy atom. The summed E-state index contributed by atoms with van der Waals surface area (Å²) in [6.07, 6.45) is 7.83. The Kier molecular flexibility index (Phi) is 7.44. The van der Waals surface area contributed by atoms with Gasteiger partial charge in [-0.1, -0.05) is 6.42 Å². The van der Waals surface area contributed by atoms with Crippen molar-refractivity contribution in [3.05, 3.63) is 0 Å². The molecule has 0 amide bonds. The van der Waals surface area contributed by atoms with Crippen molar-refractivity contribution in [2.45, 2.75) is 44.6 Å². The highest BCUT2D eigenvalue weighted by molar-refractivity contribution is 5.85. The minimum Gasteiger partial charge on any atom is -0.381 e. The second-order valence-corrected chi connectivity index (χ2v) is 5.28. The van der Waals surface area contributed by atoms with Crippen LogP contribution in [0.3, 0.4) is 0 Å². The molecule has 2 aliphatic rings. The van der Waals surface area contributed by atoms with Crippen LogP contribution in [0.4, 0.5) is 0 Å². The first-order valence-electron chi connectivity index (χ1n) is 6.92. The number of nitrogens with zero attached hydrogens (tertiary/aromatic N) is 1. The Balaban J connectivity index is 0.00000144. The van der Waals surface area contributed by atoms with Crippen LogP contribution in [0.25, 0.3) is 0 Å². The number of piperidine rings is 1. The summed E-state index contributed by atoms with van der Waals surface area (Å²) in [4.78, 5) is 2.70. The van der Waals surface area contributed by atoms with E-state index in [1.165, 1.54) is 51.6 Å². The predicted molar refractivity (Wildman–Crippen MR) is 73.7 cm³/mol. The zero-order chi connectivity index (χ0) is 11.2. The number of halogens is 1. The van der Waals surface area contributed by atoms with Crippen LogP contribution in [0.1, 0.15) is 38.5 Å². The van der Waals surface area contributed by atoms with E-state index in [9.17, 15) is 0 Å². The zero-order valence-electron chi connectivity index (χ0n) is 10.8. The smallest absolute Gasteiger partial charge is 0.0469 e. The molecule has 2 aliphatic heterocycles. The van der Waals surface area contributed by atoms with Gasteiger partial charge in [0, 0.05) is 25.8 Å². The zero-order valence-corrected chi connectivity index (χ0v) is 11.6. The topological polar surface area (TPSA) is 38.5 Å². The number of hydrogen-bond donors (Lipinski definition) is 1. The van der Waals surface area contributed by atoms with Crippen molar-refractivity contribution in [3.8, 4) is 0 Å². The van der Waals surface area contributed by atoms with Crippen molar-refractivity contribution in [2.75, 3.05) is 32.8 Å². The summed E-state index contributed by atoms with van der Waals surface area (Å²) in [5, 5.41) is 0. The van der Waals surface area contributed by atoms with Crippen LogP contribution < -0.4 is 5.73 Å². The lowest BCUT2D eigenvalue weighted by atomic mass is 9.94. The summed E-state index contributed by atoms with van der Waals surface area (Å²) in [5.41, 5.74) is 5.71. The van der Waals surface area contributed by atoms with E-state index in [-0.39, 0.29) is 12.4 Å². The van der Waals surface area contributed by atoms with Gasteiger partial charge in [0.25, 0.3) is 0 Å². The number of ether oxygens (including phenoxy) is 1. The summed E-state index contributed by atoms with van der Waals surface area (Å²) < 4.78 is 5.42. The molecule has 3 nitrogen and oxygen atoms in total. The second-order valence-electron chi connectivity index (χ2n) is 5.28. The minimum atomic E-state index is 0. The van der Waals surface area contributed by atoms with Gasteiger partial charge in [-0.2, -0.15) is 0 Å². The van der Waals surface area contributed by atoms with Gasteiger partial charge >= 0.3 is 0 Å². The molecular formula is C13H27ClN2O. The van der Waals surface area contributed by atoms with Crippen molar-refractivity contribution in [3.63, 3.8) is 0 Å². The monoisotopic (exact) mass is 262 g/mol. The van der Waals surface area contributed by atoms with Gasteiger partial charge in [-0.3, -0.25) is 0 Å². The molecule has 1 unspecified atom stereocenters. The van der Waals surface area contributed by atoms with Crippen molar-refractivity contribution < 1.29 is 4.74 Å². The van der Waals surface area contributed by atoms with Gasteiger partial charge in [-0.25, -0.2) is 0 Å².